The monoisotopic (exact) mass is 418 g/mol. The van der Waals surface area contributed by atoms with Crippen molar-refractivity contribution in [3.8, 4) is 0 Å². The Balaban J connectivity index is 1.58. The summed E-state index contributed by atoms with van der Waals surface area (Å²) in [5.41, 5.74) is 0.579. The maximum Gasteiger partial charge on any atom is 0.295 e. The van der Waals surface area contributed by atoms with Gasteiger partial charge in [0, 0.05) is 20.0 Å². The van der Waals surface area contributed by atoms with E-state index in [9.17, 15) is 18.4 Å². The van der Waals surface area contributed by atoms with Crippen molar-refractivity contribution in [3.63, 3.8) is 0 Å². The lowest BCUT2D eigenvalue weighted by atomic mass is 10.0. The fraction of sp³-hybridized carbons (Fsp3) is 0.400. The van der Waals surface area contributed by atoms with Gasteiger partial charge in [0.2, 0.25) is 0 Å². The number of halogens is 2. The van der Waals surface area contributed by atoms with Crippen LogP contribution in [0, 0.1) is 0 Å². The molecule has 152 valence electrons. The molecule has 29 heavy (non-hydrogen) atoms. The van der Waals surface area contributed by atoms with E-state index >= 15 is 0 Å². The molecule has 0 unspecified atom stereocenters. The van der Waals surface area contributed by atoms with E-state index < -0.39 is 17.8 Å². The molecule has 3 heterocycles. The smallest absolute Gasteiger partial charge is 0.295 e. The molecule has 3 aromatic rings. The summed E-state index contributed by atoms with van der Waals surface area (Å²) in [5.74, 6) is -0.450. The number of Topliss-reactive ketones (excluding diaryl/α,β-unsaturated/α-hetero) is 1. The highest BCUT2D eigenvalue weighted by molar-refractivity contribution is 7.21. The quantitative estimate of drug-likeness (QED) is 0.613. The first-order valence-corrected chi connectivity index (χ1v) is 10.3. The molecule has 1 atom stereocenters. The van der Waals surface area contributed by atoms with Crippen LogP contribution in [0.25, 0.3) is 10.3 Å². The molecule has 9 heteroatoms. The zero-order valence-corrected chi connectivity index (χ0v) is 16.7. The second-order valence-electron chi connectivity index (χ2n) is 7.09. The van der Waals surface area contributed by atoms with E-state index in [1.807, 2.05) is 35.2 Å². The molecule has 0 radical (unpaired) electrons. The summed E-state index contributed by atoms with van der Waals surface area (Å²) in [6, 6.07) is 9.52. The molecule has 1 saturated heterocycles. The van der Waals surface area contributed by atoms with Gasteiger partial charge in [-0.15, -0.1) is 0 Å². The summed E-state index contributed by atoms with van der Waals surface area (Å²) in [6.45, 7) is 0.642. The highest BCUT2D eigenvalue weighted by Gasteiger charge is 2.33. The number of alkyl halides is 2. The lowest BCUT2D eigenvalue weighted by molar-refractivity contribution is -0.120. The number of carbonyl (C=O) groups excluding carboxylic acids is 1. The third kappa shape index (κ3) is 3.78. The first kappa shape index (κ1) is 19.6. The SMILES string of the molecule is Cn1c(C(F)F)nc2sc(N3CCC[C@@H]3C(=O)CCc3ccccc3)nc2c1=O. The first-order chi connectivity index (χ1) is 14.0. The fourth-order valence-electron chi connectivity index (χ4n) is 3.69. The number of hydrogen-bond acceptors (Lipinski definition) is 6. The molecular weight excluding hydrogens is 398 g/mol. The summed E-state index contributed by atoms with van der Waals surface area (Å²) in [7, 11) is 1.26. The van der Waals surface area contributed by atoms with E-state index in [-0.39, 0.29) is 22.2 Å². The molecule has 6 nitrogen and oxygen atoms in total. The standard InChI is InChI=1S/C20H20F2N4O2S/c1-25-17(16(21)22)24-18-15(19(25)28)23-20(29-18)26-11-5-8-13(26)14(27)10-9-12-6-3-2-4-7-12/h2-4,6-7,13,16H,5,8-11H2,1H3/t13-/m1/s1. The Hall–Kier alpha value is -2.68. The van der Waals surface area contributed by atoms with Gasteiger partial charge in [0.15, 0.2) is 27.1 Å². The third-order valence-corrected chi connectivity index (χ3v) is 6.22. The van der Waals surface area contributed by atoms with Crippen molar-refractivity contribution < 1.29 is 13.6 Å². The number of carbonyl (C=O) groups is 1. The number of ketones is 1. The minimum absolute atomic E-state index is 0.0688. The highest BCUT2D eigenvalue weighted by Crippen LogP contribution is 2.33. The van der Waals surface area contributed by atoms with Gasteiger partial charge in [0.25, 0.3) is 12.0 Å². The van der Waals surface area contributed by atoms with Crippen LogP contribution < -0.4 is 10.5 Å². The van der Waals surface area contributed by atoms with Crippen molar-refractivity contribution in [1.82, 2.24) is 14.5 Å². The van der Waals surface area contributed by atoms with Gasteiger partial charge >= 0.3 is 0 Å². The number of thiazole rings is 1. The minimum atomic E-state index is -2.85. The van der Waals surface area contributed by atoms with Gasteiger partial charge in [0.05, 0.1) is 6.04 Å². The maximum atomic E-state index is 13.1. The predicted molar refractivity (Wildman–Crippen MR) is 108 cm³/mol. The van der Waals surface area contributed by atoms with Crippen molar-refractivity contribution in [2.45, 2.75) is 38.2 Å². The average Bonchev–Trinajstić information content (AvgIpc) is 3.36. The van der Waals surface area contributed by atoms with Gasteiger partial charge in [-0.3, -0.25) is 14.2 Å². The number of benzene rings is 1. The Kier molecular flexibility index (Phi) is 5.40. The number of aryl methyl sites for hydroxylation is 1. The molecule has 2 aromatic heterocycles. The molecule has 0 spiro atoms. The van der Waals surface area contributed by atoms with Crippen LogP contribution in [0.4, 0.5) is 13.9 Å². The van der Waals surface area contributed by atoms with Crippen LogP contribution in [-0.4, -0.2) is 32.9 Å². The predicted octanol–water partition coefficient (Wildman–Crippen LogP) is 3.50. The van der Waals surface area contributed by atoms with Crippen molar-refractivity contribution in [2.75, 3.05) is 11.4 Å². The molecule has 1 aliphatic rings. The molecule has 0 bridgehead atoms. The number of hydrogen-bond donors (Lipinski definition) is 0. The Morgan fingerprint density at radius 1 is 1.28 bits per heavy atom. The van der Waals surface area contributed by atoms with Gasteiger partial charge in [-0.25, -0.2) is 18.7 Å². The zero-order chi connectivity index (χ0) is 20.5. The van der Waals surface area contributed by atoms with Crippen molar-refractivity contribution in [3.05, 3.63) is 52.1 Å². The second-order valence-corrected chi connectivity index (χ2v) is 8.04. The number of aromatic nitrogens is 3. The Morgan fingerprint density at radius 3 is 2.76 bits per heavy atom. The van der Waals surface area contributed by atoms with Gasteiger partial charge < -0.3 is 4.90 Å². The molecule has 0 aliphatic carbocycles. The van der Waals surface area contributed by atoms with Crippen LogP contribution >= 0.6 is 11.3 Å². The summed E-state index contributed by atoms with van der Waals surface area (Å²) in [5, 5.41) is 0.492. The van der Waals surface area contributed by atoms with Crippen LogP contribution in [-0.2, 0) is 18.3 Å². The Labute approximate surface area is 169 Å². The average molecular weight is 418 g/mol. The van der Waals surface area contributed by atoms with E-state index in [4.69, 9.17) is 0 Å². The molecule has 0 N–H and O–H groups in total. The molecule has 1 fully saturated rings. The lowest BCUT2D eigenvalue weighted by Crippen LogP contribution is -2.36. The summed E-state index contributed by atoms with van der Waals surface area (Å²) in [4.78, 5) is 35.6. The normalized spacial score (nSPS) is 16.8. The van der Waals surface area contributed by atoms with Gasteiger partial charge in [-0.05, 0) is 24.8 Å². The van der Waals surface area contributed by atoms with Crippen molar-refractivity contribution >= 4 is 32.6 Å². The van der Waals surface area contributed by atoms with Crippen LogP contribution in [0.2, 0.25) is 0 Å². The number of rotatable bonds is 6. The van der Waals surface area contributed by atoms with Crippen LogP contribution in [0.5, 0.6) is 0 Å². The molecule has 0 amide bonds. The van der Waals surface area contributed by atoms with E-state index in [2.05, 4.69) is 9.97 Å². The fourth-order valence-corrected chi connectivity index (χ4v) is 4.70. The third-order valence-electron chi connectivity index (χ3n) is 5.23. The maximum absolute atomic E-state index is 13.1. The van der Waals surface area contributed by atoms with Crippen LogP contribution in [0.3, 0.4) is 0 Å². The zero-order valence-electron chi connectivity index (χ0n) is 15.8. The second kappa shape index (κ2) is 7.98. The molecule has 1 aliphatic heterocycles. The van der Waals surface area contributed by atoms with Gasteiger partial charge in [-0.1, -0.05) is 41.7 Å². The summed E-state index contributed by atoms with van der Waals surface area (Å²) < 4.78 is 27.1. The molecular formula is C20H20F2N4O2S. The van der Waals surface area contributed by atoms with E-state index in [1.165, 1.54) is 7.05 Å². The van der Waals surface area contributed by atoms with Crippen LogP contribution in [0.15, 0.2) is 35.1 Å². The molecule has 1 aromatic carbocycles. The van der Waals surface area contributed by atoms with Gasteiger partial charge in [0.1, 0.15) is 0 Å². The lowest BCUT2D eigenvalue weighted by Gasteiger charge is -2.22. The molecule has 0 saturated carbocycles. The van der Waals surface area contributed by atoms with Crippen molar-refractivity contribution in [1.29, 1.82) is 0 Å². The minimum Gasteiger partial charge on any atom is -0.338 e. The highest BCUT2D eigenvalue weighted by atomic mass is 32.1. The number of nitrogens with zero attached hydrogens (tertiary/aromatic N) is 4. The first-order valence-electron chi connectivity index (χ1n) is 9.44. The van der Waals surface area contributed by atoms with E-state index in [0.717, 1.165) is 34.3 Å². The largest absolute Gasteiger partial charge is 0.338 e. The van der Waals surface area contributed by atoms with E-state index in [1.54, 1.807) is 0 Å². The Morgan fingerprint density at radius 2 is 2.03 bits per heavy atom. The number of fused-ring (bicyclic) bond motifs is 1. The summed E-state index contributed by atoms with van der Waals surface area (Å²) >= 11 is 1.09. The van der Waals surface area contributed by atoms with Crippen LogP contribution in [0.1, 0.15) is 37.1 Å². The molecule has 4 rings (SSSR count). The summed E-state index contributed by atoms with van der Waals surface area (Å²) in [6.07, 6.45) is -0.195. The van der Waals surface area contributed by atoms with Crippen molar-refractivity contribution in [2.24, 2.45) is 7.05 Å². The topological polar surface area (TPSA) is 68.1 Å². The Bertz CT molecular complexity index is 1100. The van der Waals surface area contributed by atoms with E-state index in [0.29, 0.717) is 24.5 Å². The number of anilines is 1. The van der Waals surface area contributed by atoms with Gasteiger partial charge in [-0.2, -0.15) is 0 Å².